The number of aryl methyl sites for hydroxylation is 1. The third kappa shape index (κ3) is 5.49. The fourth-order valence-electron chi connectivity index (χ4n) is 3.60. The van der Waals surface area contributed by atoms with Crippen LogP contribution in [0.2, 0.25) is 0 Å². The van der Waals surface area contributed by atoms with E-state index in [-0.39, 0.29) is 18.1 Å². The Hall–Kier alpha value is -3.37. The zero-order valence-electron chi connectivity index (χ0n) is 19.6. The lowest BCUT2D eigenvalue weighted by atomic mass is 9.77. The summed E-state index contributed by atoms with van der Waals surface area (Å²) in [6, 6.07) is 9.92. The Morgan fingerprint density at radius 1 is 1.26 bits per heavy atom. The number of benzene rings is 1. The van der Waals surface area contributed by atoms with Crippen molar-refractivity contribution in [1.82, 2.24) is 20.0 Å². The molecule has 8 nitrogen and oxygen atoms in total. The van der Waals surface area contributed by atoms with Crippen molar-refractivity contribution in [3.05, 3.63) is 82.2 Å². The Labute approximate surface area is 211 Å². The number of amides is 1. The highest BCUT2D eigenvalue weighted by Crippen LogP contribution is 2.37. The highest BCUT2D eigenvalue weighted by atomic mass is 79.9. The molecular formula is C25H25BrFN5O3. The molecule has 1 N–H and O–H groups in total. The second kappa shape index (κ2) is 10.5. The second-order valence-electron chi connectivity index (χ2n) is 8.37. The number of hydrogen-bond acceptors (Lipinski definition) is 7. The maximum Gasteiger partial charge on any atom is 0.243 e. The number of aromatic nitrogens is 3. The lowest BCUT2D eigenvalue weighted by molar-refractivity contribution is -0.120. The topological polar surface area (TPSA) is 93.4 Å². The van der Waals surface area contributed by atoms with Gasteiger partial charge in [-0.3, -0.25) is 4.79 Å². The van der Waals surface area contributed by atoms with E-state index in [1.165, 1.54) is 6.07 Å². The first-order chi connectivity index (χ1) is 16.8. The molecule has 2 heterocycles. The van der Waals surface area contributed by atoms with E-state index in [2.05, 4.69) is 36.4 Å². The van der Waals surface area contributed by atoms with E-state index in [0.717, 1.165) is 0 Å². The van der Waals surface area contributed by atoms with Crippen LogP contribution in [0, 0.1) is 12.7 Å². The fraction of sp³-hybridized carbons (Fsp3) is 0.280. The number of nitrogens with zero attached hydrogens (tertiary/aromatic N) is 4. The molecule has 4 rings (SSSR count). The van der Waals surface area contributed by atoms with Crippen molar-refractivity contribution in [3.8, 4) is 5.88 Å². The molecule has 182 valence electrons. The number of hydrogen-bond donors (Lipinski definition) is 1. The SMILES string of the molecule is Cc1nc(C2(C(=O)Nc3ccc(Br)c(OCCN(C)C)n3)C=CC(c3ccccc3F)=CC2)no1. The number of carbonyl (C=O) groups is 1. The van der Waals surface area contributed by atoms with Crippen molar-refractivity contribution in [3.63, 3.8) is 0 Å². The van der Waals surface area contributed by atoms with Crippen LogP contribution in [0.25, 0.3) is 5.57 Å². The molecule has 0 spiro atoms. The lowest BCUT2D eigenvalue weighted by Gasteiger charge is -2.28. The molecule has 1 atom stereocenters. The largest absolute Gasteiger partial charge is 0.475 e. The van der Waals surface area contributed by atoms with Crippen LogP contribution in [-0.2, 0) is 10.2 Å². The average molecular weight is 542 g/mol. The minimum absolute atomic E-state index is 0.209. The van der Waals surface area contributed by atoms with Gasteiger partial charge in [-0.05, 0) is 60.2 Å². The van der Waals surface area contributed by atoms with Crippen molar-refractivity contribution in [2.45, 2.75) is 18.8 Å². The Morgan fingerprint density at radius 3 is 2.71 bits per heavy atom. The molecule has 0 saturated heterocycles. The van der Waals surface area contributed by atoms with Crippen LogP contribution in [0.4, 0.5) is 10.2 Å². The van der Waals surface area contributed by atoms with Crippen molar-refractivity contribution in [2.24, 2.45) is 0 Å². The Bertz CT molecular complexity index is 1290. The summed E-state index contributed by atoms with van der Waals surface area (Å²) in [6.07, 6.45) is 5.40. The zero-order chi connectivity index (χ0) is 25.0. The van der Waals surface area contributed by atoms with Gasteiger partial charge in [-0.1, -0.05) is 41.6 Å². The van der Waals surface area contributed by atoms with E-state index in [0.29, 0.717) is 46.3 Å². The number of ether oxygens (including phenoxy) is 1. The van der Waals surface area contributed by atoms with Crippen LogP contribution in [0.1, 0.15) is 23.7 Å². The quantitative estimate of drug-likeness (QED) is 0.447. The molecule has 1 aromatic carbocycles. The first-order valence-electron chi connectivity index (χ1n) is 11.0. The van der Waals surface area contributed by atoms with Crippen molar-refractivity contribution in [1.29, 1.82) is 0 Å². The first-order valence-corrected chi connectivity index (χ1v) is 11.8. The second-order valence-corrected chi connectivity index (χ2v) is 9.23. The number of rotatable bonds is 8. The highest BCUT2D eigenvalue weighted by Gasteiger charge is 2.43. The summed E-state index contributed by atoms with van der Waals surface area (Å²) in [5.74, 6) is 0.504. The highest BCUT2D eigenvalue weighted by molar-refractivity contribution is 9.10. The molecule has 0 saturated carbocycles. The van der Waals surface area contributed by atoms with Gasteiger partial charge in [0.25, 0.3) is 0 Å². The molecule has 0 radical (unpaired) electrons. The first kappa shape index (κ1) is 24.7. The molecule has 1 amide bonds. The van der Waals surface area contributed by atoms with Gasteiger partial charge in [0.15, 0.2) is 5.82 Å². The number of halogens is 2. The molecule has 10 heteroatoms. The average Bonchev–Trinajstić information content (AvgIpc) is 3.28. The van der Waals surface area contributed by atoms with E-state index in [9.17, 15) is 9.18 Å². The number of allylic oxidation sites excluding steroid dienone is 3. The smallest absolute Gasteiger partial charge is 0.243 e. The van der Waals surface area contributed by atoms with Gasteiger partial charge in [0, 0.05) is 19.0 Å². The monoisotopic (exact) mass is 541 g/mol. The Balaban J connectivity index is 1.60. The molecule has 0 aliphatic heterocycles. The van der Waals surface area contributed by atoms with Gasteiger partial charge in [-0.25, -0.2) is 4.39 Å². The normalized spacial score (nSPS) is 17.4. The number of nitrogens with one attached hydrogen (secondary N) is 1. The third-order valence-corrected chi connectivity index (χ3v) is 6.14. The van der Waals surface area contributed by atoms with Gasteiger partial charge in [0.1, 0.15) is 23.7 Å². The molecule has 1 unspecified atom stereocenters. The Kier molecular flexibility index (Phi) is 7.42. The number of pyridine rings is 1. The molecule has 2 aromatic heterocycles. The lowest BCUT2D eigenvalue weighted by Crippen LogP contribution is -2.40. The fourth-order valence-corrected chi connectivity index (χ4v) is 3.93. The number of likely N-dealkylation sites (N-methyl/N-ethyl adjacent to an activating group) is 1. The van der Waals surface area contributed by atoms with Gasteiger partial charge >= 0.3 is 0 Å². The molecule has 35 heavy (non-hydrogen) atoms. The van der Waals surface area contributed by atoms with Crippen LogP contribution in [0.5, 0.6) is 5.88 Å². The van der Waals surface area contributed by atoms with E-state index in [1.54, 1.807) is 55.5 Å². The van der Waals surface area contributed by atoms with E-state index >= 15 is 0 Å². The number of carbonyl (C=O) groups excluding carboxylic acids is 1. The van der Waals surface area contributed by atoms with Crippen LogP contribution < -0.4 is 10.1 Å². The Morgan fingerprint density at radius 2 is 2.06 bits per heavy atom. The summed E-state index contributed by atoms with van der Waals surface area (Å²) in [7, 11) is 3.90. The summed E-state index contributed by atoms with van der Waals surface area (Å²) in [5.41, 5.74) is -0.131. The van der Waals surface area contributed by atoms with Gasteiger partial charge in [0.2, 0.25) is 17.7 Å². The summed E-state index contributed by atoms with van der Waals surface area (Å²) in [6.45, 7) is 2.81. The van der Waals surface area contributed by atoms with Crippen molar-refractivity contribution < 1.29 is 18.4 Å². The minimum Gasteiger partial charge on any atom is -0.475 e. The van der Waals surface area contributed by atoms with Gasteiger partial charge < -0.3 is 19.5 Å². The maximum atomic E-state index is 14.3. The van der Waals surface area contributed by atoms with Crippen LogP contribution in [-0.4, -0.2) is 53.2 Å². The third-order valence-electron chi connectivity index (χ3n) is 5.54. The van der Waals surface area contributed by atoms with E-state index in [4.69, 9.17) is 9.26 Å². The van der Waals surface area contributed by atoms with E-state index < -0.39 is 11.3 Å². The van der Waals surface area contributed by atoms with Gasteiger partial charge in [0.05, 0.1) is 4.47 Å². The summed E-state index contributed by atoms with van der Waals surface area (Å²) in [4.78, 5) is 24.4. The molecule has 0 fully saturated rings. The summed E-state index contributed by atoms with van der Waals surface area (Å²) in [5, 5.41) is 6.88. The molecular weight excluding hydrogens is 517 g/mol. The minimum atomic E-state index is -1.26. The van der Waals surface area contributed by atoms with Crippen molar-refractivity contribution >= 4 is 33.2 Å². The van der Waals surface area contributed by atoms with Crippen molar-refractivity contribution in [2.75, 3.05) is 32.6 Å². The van der Waals surface area contributed by atoms with Crippen LogP contribution >= 0.6 is 15.9 Å². The number of anilines is 1. The zero-order valence-corrected chi connectivity index (χ0v) is 21.2. The molecule has 3 aromatic rings. The molecule has 1 aliphatic carbocycles. The van der Waals surface area contributed by atoms with E-state index in [1.807, 2.05) is 19.0 Å². The van der Waals surface area contributed by atoms with Gasteiger partial charge in [-0.15, -0.1) is 0 Å². The van der Waals surface area contributed by atoms with Gasteiger partial charge in [-0.2, -0.15) is 9.97 Å². The maximum absolute atomic E-state index is 14.3. The predicted molar refractivity (Wildman–Crippen MR) is 133 cm³/mol. The summed E-state index contributed by atoms with van der Waals surface area (Å²) < 4.78 is 25.9. The molecule has 1 aliphatic rings. The summed E-state index contributed by atoms with van der Waals surface area (Å²) >= 11 is 3.43. The predicted octanol–water partition coefficient (Wildman–Crippen LogP) is 4.54. The van der Waals surface area contributed by atoms with Crippen LogP contribution in [0.3, 0.4) is 0 Å². The molecule has 0 bridgehead atoms. The standard InChI is InChI=1S/C25H25BrFN5O3/c1-16-28-23(31-35-16)25(12-10-17(11-13-25)18-6-4-5-7-20(18)27)24(33)30-21-9-8-19(26)22(29-21)34-15-14-32(2)3/h4-12H,13-15H2,1-3H3,(H,29,30,33). The van der Waals surface area contributed by atoms with Crippen LogP contribution in [0.15, 0.2) is 63.6 Å².